The Kier molecular flexibility index (Phi) is 4.72. The molecule has 0 aromatic heterocycles. The minimum Gasteiger partial charge on any atom is -0.289 e. The first kappa shape index (κ1) is 14.5. The van der Waals surface area contributed by atoms with Crippen molar-refractivity contribution in [1.29, 1.82) is 0 Å². The number of carbonyl (C=O) groups is 2. The normalized spacial score (nSPS) is 10.7. The summed E-state index contributed by atoms with van der Waals surface area (Å²) in [6.45, 7) is 0. The van der Waals surface area contributed by atoms with E-state index in [0.717, 1.165) is 0 Å². The van der Waals surface area contributed by atoms with Gasteiger partial charge in [-0.3, -0.25) is 9.59 Å². The van der Waals surface area contributed by atoms with E-state index < -0.39 is 0 Å². The smallest absolute Gasteiger partial charge is 0.186 e. The maximum Gasteiger partial charge on any atom is 0.186 e. The van der Waals surface area contributed by atoms with E-state index >= 15 is 0 Å². The molecule has 20 heavy (non-hydrogen) atoms. The zero-order valence-electron chi connectivity index (χ0n) is 10.3. The van der Waals surface area contributed by atoms with Gasteiger partial charge in [0.25, 0.3) is 0 Å². The van der Waals surface area contributed by atoms with E-state index in [1.165, 1.54) is 12.2 Å². The Morgan fingerprint density at radius 1 is 0.750 bits per heavy atom. The highest BCUT2D eigenvalue weighted by molar-refractivity contribution is 6.31. The van der Waals surface area contributed by atoms with Crippen LogP contribution >= 0.6 is 23.2 Å². The molecule has 2 aromatic carbocycles. The summed E-state index contributed by atoms with van der Waals surface area (Å²) in [5.74, 6) is -0.550. The van der Waals surface area contributed by atoms with Crippen LogP contribution in [0.4, 0.5) is 0 Å². The number of benzene rings is 2. The van der Waals surface area contributed by atoms with Crippen molar-refractivity contribution in [2.24, 2.45) is 0 Å². The molecule has 100 valence electrons. The SMILES string of the molecule is O=C(/C=C/C(=O)c1cccc(Cl)c1)c1cccc(Cl)c1. The van der Waals surface area contributed by atoms with E-state index in [-0.39, 0.29) is 11.6 Å². The van der Waals surface area contributed by atoms with Crippen molar-refractivity contribution < 1.29 is 9.59 Å². The molecule has 0 bridgehead atoms. The number of carbonyl (C=O) groups excluding carboxylic acids is 2. The van der Waals surface area contributed by atoms with Crippen LogP contribution in [0, 0.1) is 0 Å². The second kappa shape index (κ2) is 6.51. The van der Waals surface area contributed by atoms with Crippen LogP contribution in [0.5, 0.6) is 0 Å². The van der Waals surface area contributed by atoms with Crippen molar-refractivity contribution in [2.75, 3.05) is 0 Å². The fraction of sp³-hybridized carbons (Fsp3) is 0. The molecule has 2 aromatic rings. The zero-order chi connectivity index (χ0) is 14.5. The topological polar surface area (TPSA) is 34.1 Å². The molecule has 0 spiro atoms. The summed E-state index contributed by atoms with van der Waals surface area (Å²) < 4.78 is 0. The molecule has 2 rings (SSSR count). The lowest BCUT2D eigenvalue weighted by atomic mass is 10.1. The van der Waals surface area contributed by atoms with Crippen molar-refractivity contribution in [3.63, 3.8) is 0 Å². The van der Waals surface area contributed by atoms with E-state index in [2.05, 4.69) is 0 Å². The van der Waals surface area contributed by atoms with Crippen molar-refractivity contribution >= 4 is 34.8 Å². The van der Waals surface area contributed by atoms with Gasteiger partial charge in [-0.05, 0) is 36.4 Å². The van der Waals surface area contributed by atoms with Crippen LogP contribution in [-0.2, 0) is 0 Å². The highest BCUT2D eigenvalue weighted by atomic mass is 35.5. The molecule has 0 fully saturated rings. The van der Waals surface area contributed by atoms with Gasteiger partial charge >= 0.3 is 0 Å². The third kappa shape index (κ3) is 3.80. The number of hydrogen-bond donors (Lipinski definition) is 0. The van der Waals surface area contributed by atoms with Crippen molar-refractivity contribution in [3.8, 4) is 0 Å². The largest absolute Gasteiger partial charge is 0.289 e. The monoisotopic (exact) mass is 304 g/mol. The quantitative estimate of drug-likeness (QED) is 0.610. The molecule has 0 heterocycles. The van der Waals surface area contributed by atoms with Crippen LogP contribution in [0.3, 0.4) is 0 Å². The maximum atomic E-state index is 11.9. The molecular weight excluding hydrogens is 295 g/mol. The Morgan fingerprint density at radius 2 is 1.15 bits per heavy atom. The van der Waals surface area contributed by atoms with Crippen LogP contribution in [0.15, 0.2) is 60.7 Å². The maximum absolute atomic E-state index is 11.9. The minimum atomic E-state index is -0.275. The zero-order valence-corrected chi connectivity index (χ0v) is 11.9. The molecule has 0 saturated carbocycles. The van der Waals surface area contributed by atoms with Crippen molar-refractivity contribution in [1.82, 2.24) is 0 Å². The van der Waals surface area contributed by atoms with Crippen molar-refractivity contribution in [2.45, 2.75) is 0 Å². The Bertz CT molecular complexity index is 631. The first-order chi connectivity index (χ1) is 9.56. The summed E-state index contributed by atoms with van der Waals surface area (Å²) in [4.78, 5) is 23.8. The summed E-state index contributed by atoms with van der Waals surface area (Å²) in [5, 5.41) is 0.954. The molecule has 0 aliphatic heterocycles. The van der Waals surface area contributed by atoms with Gasteiger partial charge in [0.1, 0.15) is 0 Å². The van der Waals surface area contributed by atoms with Gasteiger partial charge in [-0.15, -0.1) is 0 Å². The van der Waals surface area contributed by atoms with E-state index in [1.54, 1.807) is 48.5 Å². The molecule has 0 N–H and O–H groups in total. The number of allylic oxidation sites excluding steroid dienone is 2. The van der Waals surface area contributed by atoms with Gasteiger partial charge < -0.3 is 0 Å². The summed E-state index contributed by atoms with van der Waals surface area (Å²) in [7, 11) is 0. The van der Waals surface area contributed by atoms with Crippen LogP contribution in [0.1, 0.15) is 20.7 Å². The molecule has 0 radical (unpaired) electrons. The van der Waals surface area contributed by atoms with E-state index in [0.29, 0.717) is 21.2 Å². The highest BCUT2D eigenvalue weighted by Crippen LogP contribution is 2.13. The summed E-state index contributed by atoms with van der Waals surface area (Å²) in [5.41, 5.74) is 0.875. The lowest BCUT2D eigenvalue weighted by Crippen LogP contribution is -1.98. The molecule has 2 nitrogen and oxygen atoms in total. The molecule has 0 unspecified atom stereocenters. The number of rotatable bonds is 4. The van der Waals surface area contributed by atoms with E-state index in [4.69, 9.17) is 23.2 Å². The molecule has 0 aliphatic rings. The van der Waals surface area contributed by atoms with Crippen molar-refractivity contribution in [3.05, 3.63) is 81.9 Å². The van der Waals surface area contributed by atoms with Crippen LogP contribution in [0.2, 0.25) is 10.0 Å². The van der Waals surface area contributed by atoms with E-state index in [1.807, 2.05) is 0 Å². The molecular formula is C16H10Cl2O2. The Hall–Kier alpha value is -1.90. The first-order valence-corrected chi connectivity index (χ1v) is 6.60. The van der Waals surface area contributed by atoms with Gasteiger partial charge in [0.2, 0.25) is 0 Å². The molecule has 0 saturated heterocycles. The highest BCUT2D eigenvalue weighted by Gasteiger charge is 2.05. The lowest BCUT2D eigenvalue weighted by molar-refractivity contribution is 0.102. The van der Waals surface area contributed by atoms with Gasteiger partial charge in [0.15, 0.2) is 11.6 Å². The third-order valence-electron chi connectivity index (χ3n) is 2.60. The average molecular weight is 305 g/mol. The summed E-state index contributed by atoms with van der Waals surface area (Å²) >= 11 is 11.6. The molecule has 4 heteroatoms. The van der Waals surface area contributed by atoms with Gasteiger partial charge in [-0.1, -0.05) is 47.5 Å². The fourth-order valence-corrected chi connectivity index (χ4v) is 2.01. The van der Waals surface area contributed by atoms with Gasteiger partial charge in [0, 0.05) is 21.2 Å². The van der Waals surface area contributed by atoms with Gasteiger partial charge in [-0.2, -0.15) is 0 Å². The van der Waals surface area contributed by atoms with Gasteiger partial charge in [-0.25, -0.2) is 0 Å². The predicted octanol–water partition coefficient (Wildman–Crippen LogP) is 4.62. The predicted molar refractivity (Wildman–Crippen MR) is 80.7 cm³/mol. The summed E-state index contributed by atoms with van der Waals surface area (Å²) in [6, 6.07) is 13.1. The molecule has 0 amide bonds. The second-order valence-corrected chi connectivity index (χ2v) is 4.96. The lowest BCUT2D eigenvalue weighted by Gasteiger charge is -1.97. The standard InChI is InChI=1S/C16H10Cl2O2/c17-13-5-1-3-11(9-13)15(19)7-8-16(20)12-4-2-6-14(18)10-12/h1-10H/b8-7+. The minimum absolute atomic E-state index is 0.275. The van der Waals surface area contributed by atoms with Crippen LogP contribution in [-0.4, -0.2) is 11.6 Å². The van der Waals surface area contributed by atoms with Crippen LogP contribution < -0.4 is 0 Å². The second-order valence-electron chi connectivity index (χ2n) is 4.08. The Labute approximate surface area is 126 Å². The number of ketones is 2. The van der Waals surface area contributed by atoms with Crippen LogP contribution in [0.25, 0.3) is 0 Å². The Morgan fingerprint density at radius 3 is 1.50 bits per heavy atom. The fourth-order valence-electron chi connectivity index (χ4n) is 1.63. The van der Waals surface area contributed by atoms with Gasteiger partial charge in [0.05, 0.1) is 0 Å². The Balaban J connectivity index is 2.13. The third-order valence-corrected chi connectivity index (χ3v) is 3.07. The average Bonchev–Trinajstić information content (AvgIpc) is 2.44. The molecule has 0 atom stereocenters. The summed E-state index contributed by atoms with van der Waals surface area (Å²) in [6.07, 6.45) is 2.46. The number of halogens is 2. The van der Waals surface area contributed by atoms with E-state index in [9.17, 15) is 9.59 Å². The number of hydrogen-bond acceptors (Lipinski definition) is 2. The first-order valence-electron chi connectivity index (χ1n) is 5.84. The molecule has 0 aliphatic carbocycles.